The van der Waals surface area contributed by atoms with Gasteiger partial charge in [-0.3, -0.25) is 4.79 Å². The van der Waals surface area contributed by atoms with Crippen LogP contribution in [0.2, 0.25) is 0 Å². The summed E-state index contributed by atoms with van der Waals surface area (Å²) in [4.78, 5) is 11.3. The molecule has 0 saturated heterocycles. The van der Waals surface area contributed by atoms with Gasteiger partial charge in [-0.25, -0.2) is 0 Å². The van der Waals surface area contributed by atoms with Crippen LogP contribution < -0.4 is 5.32 Å². The van der Waals surface area contributed by atoms with Crippen LogP contribution in [-0.2, 0) is 4.79 Å². The molecule has 1 amide bonds. The minimum absolute atomic E-state index is 0.184. The van der Waals surface area contributed by atoms with E-state index in [0.29, 0.717) is 5.92 Å². The summed E-state index contributed by atoms with van der Waals surface area (Å²) in [6.45, 7) is 0. The van der Waals surface area contributed by atoms with Crippen molar-refractivity contribution in [2.45, 2.75) is 18.8 Å². The molecule has 0 spiro atoms. The zero-order chi connectivity index (χ0) is 10.8. The average Bonchev–Trinajstić information content (AvgIpc) is 2.18. The number of rotatable bonds is 2. The normalized spacial score (nSPS) is 24.4. The number of hydrogen-bond donors (Lipinski definition) is 1. The molecule has 1 N–H and O–H groups in total. The third-order valence-corrected chi connectivity index (χ3v) is 3.63. The van der Waals surface area contributed by atoms with E-state index in [1.165, 1.54) is 5.56 Å². The van der Waals surface area contributed by atoms with Gasteiger partial charge < -0.3 is 5.32 Å². The fraction of sp³-hybridized carbons (Fsp3) is 0.417. The number of carbonyl (C=O) groups is 1. The molecule has 0 radical (unpaired) electrons. The molecule has 0 heterocycles. The first-order chi connectivity index (χ1) is 7.20. The lowest BCUT2D eigenvalue weighted by atomic mass is 9.71. The molecule has 15 heavy (non-hydrogen) atoms. The highest BCUT2D eigenvalue weighted by Gasteiger charge is 2.34. The number of carbonyl (C=O) groups excluding carboxylic acids is 1. The summed E-state index contributed by atoms with van der Waals surface area (Å²) in [5.41, 5.74) is 1.35. The van der Waals surface area contributed by atoms with Gasteiger partial charge in [-0.15, -0.1) is 0 Å². The zero-order valence-corrected chi connectivity index (χ0v) is 10.3. The zero-order valence-electron chi connectivity index (χ0n) is 8.66. The van der Waals surface area contributed by atoms with Crippen LogP contribution >= 0.6 is 15.9 Å². The van der Waals surface area contributed by atoms with Gasteiger partial charge in [0.1, 0.15) is 0 Å². The molecule has 0 unspecified atom stereocenters. The van der Waals surface area contributed by atoms with Crippen LogP contribution in [0.5, 0.6) is 0 Å². The summed E-state index contributed by atoms with van der Waals surface area (Å²) in [5, 5.41) is 2.70. The Bertz CT molecular complexity index is 354. The summed E-state index contributed by atoms with van der Waals surface area (Å²) in [6, 6.07) is 8.38. The maximum atomic E-state index is 11.3. The van der Waals surface area contributed by atoms with Crippen LogP contribution in [0.1, 0.15) is 24.3 Å². The Balaban J connectivity index is 1.94. The third-order valence-electron chi connectivity index (χ3n) is 3.10. The minimum atomic E-state index is 0.184. The molecule has 0 aliphatic heterocycles. The number of halogens is 1. The van der Waals surface area contributed by atoms with E-state index in [9.17, 15) is 4.79 Å². The number of nitrogens with one attached hydrogen (secondary N) is 1. The first kappa shape index (κ1) is 10.7. The van der Waals surface area contributed by atoms with E-state index in [4.69, 9.17) is 0 Å². The van der Waals surface area contributed by atoms with Crippen molar-refractivity contribution in [3.05, 3.63) is 34.3 Å². The standard InChI is InChI=1S/C12H14BrNO/c1-14-12(15)10-6-9(7-10)8-2-4-11(13)5-3-8/h2-5,9-10H,6-7H2,1H3,(H,14,15). The van der Waals surface area contributed by atoms with Gasteiger partial charge in [-0.05, 0) is 36.5 Å². The van der Waals surface area contributed by atoms with Crippen LogP contribution in [-0.4, -0.2) is 13.0 Å². The van der Waals surface area contributed by atoms with Crippen molar-refractivity contribution in [3.63, 3.8) is 0 Å². The van der Waals surface area contributed by atoms with Gasteiger partial charge in [-0.1, -0.05) is 28.1 Å². The molecular formula is C12H14BrNO. The Kier molecular flexibility index (Phi) is 3.10. The molecule has 1 aliphatic rings. The predicted octanol–water partition coefficient (Wildman–Crippen LogP) is 2.69. The van der Waals surface area contributed by atoms with E-state index in [0.717, 1.165) is 17.3 Å². The van der Waals surface area contributed by atoms with E-state index in [-0.39, 0.29) is 11.8 Å². The monoisotopic (exact) mass is 267 g/mol. The van der Waals surface area contributed by atoms with E-state index in [1.807, 2.05) is 0 Å². The van der Waals surface area contributed by atoms with Crippen molar-refractivity contribution in [1.82, 2.24) is 5.32 Å². The Labute approximate surface area is 98.2 Å². The lowest BCUT2D eigenvalue weighted by Gasteiger charge is -2.34. The smallest absolute Gasteiger partial charge is 0.222 e. The number of amides is 1. The molecule has 3 heteroatoms. The van der Waals surface area contributed by atoms with Crippen molar-refractivity contribution in [1.29, 1.82) is 0 Å². The largest absolute Gasteiger partial charge is 0.359 e. The van der Waals surface area contributed by atoms with Gasteiger partial charge >= 0.3 is 0 Å². The van der Waals surface area contributed by atoms with Gasteiger partial charge in [0.05, 0.1) is 0 Å². The van der Waals surface area contributed by atoms with Crippen LogP contribution in [0.3, 0.4) is 0 Å². The van der Waals surface area contributed by atoms with Gasteiger partial charge in [0.2, 0.25) is 5.91 Å². The van der Waals surface area contributed by atoms with Crippen molar-refractivity contribution in [3.8, 4) is 0 Å². The number of benzene rings is 1. The lowest BCUT2D eigenvalue weighted by molar-refractivity contribution is -0.127. The van der Waals surface area contributed by atoms with E-state index < -0.39 is 0 Å². The third kappa shape index (κ3) is 2.23. The molecule has 0 aromatic heterocycles. The number of hydrogen-bond acceptors (Lipinski definition) is 1. The van der Waals surface area contributed by atoms with Gasteiger partial charge in [0, 0.05) is 17.4 Å². The highest BCUT2D eigenvalue weighted by molar-refractivity contribution is 9.10. The molecule has 1 aromatic rings. The van der Waals surface area contributed by atoms with Crippen molar-refractivity contribution >= 4 is 21.8 Å². The molecule has 1 aromatic carbocycles. The van der Waals surface area contributed by atoms with Crippen LogP contribution in [0.4, 0.5) is 0 Å². The van der Waals surface area contributed by atoms with Gasteiger partial charge in [0.15, 0.2) is 0 Å². The average molecular weight is 268 g/mol. The summed E-state index contributed by atoms with van der Waals surface area (Å²) in [7, 11) is 1.70. The summed E-state index contributed by atoms with van der Waals surface area (Å²) < 4.78 is 1.11. The fourth-order valence-corrected chi connectivity index (χ4v) is 2.31. The highest BCUT2D eigenvalue weighted by Crippen LogP contribution is 2.41. The molecular weight excluding hydrogens is 254 g/mol. The first-order valence-corrected chi connectivity index (χ1v) is 5.97. The van der Waals surface area contributed by atoms with E-state index >= 15 is 0 Å². The lowest BCUT2D eigenvalue weighted by Crippen LogP contribution is -2.35. The summed E-state index contributed by atoms with van der Waals surface area (Å²) in [5.74, 6) is 0.979. The molecule has 80 valence electrons. The SMILES string of the molecule is CNC(=O)C1CC(c2ccc(Br)cc2)C1. The van der Waals surface area contributed by atoms with Gasteiger partial charge in [-0.2, -0.15) is 0 Å². The van der Waals surface area contributed by atoms with E-state index in [1.54, 1.807) is 7.05 Å². The van der Waals surface area contributed by atoms with Crippen molar-refractivity contribution < 1.29 is 4.79 Å². The molecule has 0 bridgehead atoms. The van der Waals surface area contributed by atoms with Crippen molar-refractivity contribution in [2.24, 2.45) is 5.92 Å². The maximum Gasteiger partial charge on any atom is 0.222 e. The summed E-state index contributed by atoms with van der Waals surface area (Å²) >= 11 is 3.42. The molecule has 0 atom stereocenters. The molecule has 2 rings (SSSR count). The Morgan fingerprint density at radius 2 is 1.93 bits per heavy atom. The molecule has 1 saturated carbocycles. The predicted molar refractivity (Wildman–Crippen MR) is 63.7 cm³/mol. The second-order valence-corrected chi connectivity index (χ2v) is 4.95. The molecule has 1 aliphatic carbocycles. The van der Waals surface area contributed by atoms with Crippen molar-refractivity contribution in [2.75, 3.05) is 7.05 Å². The van der Waals surface area contributed by atoms with Crippen LogP contribution in [0.25, 0.3) is 0 Å². The second kappa shape index (κ2) is 4.35. The van der Waals surface area contributed by atoms with E-state index in [2.05, 4.69) is 45.5 Å². The highest BCUT2D eigenvalue weighted by atomic mass is 79.9. The molecule has 1 fully saturated rings. The Morgan fingerprint density at radius 3 is 2.47 bits per heavy atom. The minimum Gasteiger partial charge on any atom is -0.359 e. The molecule has 2 nitrogen and oxygen atoms in total. The summed E-state index contributed by atoms with van der Waals surface area (Å²) in [6.07, 6.45) is 1.97. The Hall–Kier alpha value is -0.830. The quantitative estimate of drug-likeness (QED) is 0.877. The second-order valence-electron chi connectivity index (χ2n) is 4.03. The fourth-order valence-electron chi connectivity index (χ4n) is 2.04. The van der Waals surface area contributed by atoms with Gasteiger partial charge in [0.25, 0.3) is 0 Å². The maximum absolute atomic E-state index is 11.3. The van der Waals surface area contributed by atoms with Crippen LogP contribution in [0, 0.1) is 5.92 Å². The van der Waals surface area contributed by atoms with Crippen LogP contribution in [0.15, 0.2) is 28.7 Å². The topological polar surface area (TPSA) is 29.1 Å². The first-order valence-electron chi connectivity index (χ1n) is 5.17. The Morgan fingerprint density at radius 1 is 1.33 bits per heavy atom.